The summed E-state index contributed by atoms with van der Waals surface area (Å²) >= 11 is 1.46. The largest absolute Gasteiger partial charge is 0.325 e. The number of thioether (sulfide) groups is 1. The standard InChI is InChI=1S/C20H21N3OS/c1-12-9-10-13(2)18(11-12)23-19(24)14(3)25-20-16-7-5-6-8-17(16)21-15(4)22-20/h5-11,14H,1-4H3,(H,23,24). The van der Waals surface area contributed by atoms with Crippen LogP contribution in [0.5, 0.6) is 0 Å². The highest BCUT2D eigenvalue weighted by atomic mass is 32.2. The summed E-state index contributed by atoms with van der Waals surface area (Å²) in [6.07, 6.45) is 0. The van der Waals surface area contributed by atoms with Crippen LogP contribution in [-0.4, -0.2) is 21.1 Å². The van der Waals surface area contributed by atoms with Gasteiger partial charge in [-0.15, -0.1) is 0 Å². The molecule has 0 radical (unpaired) electrons. The van der Waals surface area contributed by atoms with Crippen molar-refractivity contribution < 1.29 is 4.79 Å². The predicted molar refractivity (Wildman–Crippen MR) is 104 cm³/mol. The van der Waals surface area contributed by atoms with Crippen LogP contribution in [0.2, 0.25) is 0 Å². The van der Waals surface area contributed by atoms with E-state index in [2.05, 4.69) is 15.3 Å². The van der Waals surface area contributed by atoms with E-state index in [1.165, 1.54) is 11.8 Å². The summed E-state index contributed by atoms with van der Waals surface area (Å²) < 4.78 is 0. The Morgan fingerprint density at radius 1 is 1.08 bits per heavy atom. The van der Waals surface area contributed by atoms with E-state index in [1.54, 1.807) is 0 Å². The molecule has 0 saturated heterocycles. The fraction of sp³-hybridized carbons (Fsp3) is 0.250. The van der Waals surface area contributed by atoms with Gasteiger partial charge in [-0.25, -0.2) is 9.97 Å². The average Bonchev–Trinajstić information content (AvgIpc) is 2.58. The topological polar surface area (TPSA) is 54.9 Å². The quantitative estimate of drug-likeness (QED) is 0.548. The first-order chi connectivity index (χ1) is 11.9. The first-order valence-electron chi connectivity index (χ1n) is 8.22. The average molecular weight is 351 g/mol. The molecule has 1 N–H and O–H groups in total. The fourth-order valence-corrected chi connectivity index (χ4v) is 3.56. The van der Waals surface area contributed by atoms with Crippen LogP contribution in [0.25, 0.3) is 10.9 Å². The van der Waals surface area contributed by atoms with Crippen LogP contribution >= 0.6 is 11.8 Å². The number of carbonyl (C=O) groups excluding carboxylic acids is 1. The van der Waals surface area contributed by atoms with Gasteiger partial charge in [-0.05, 0) is 51.0 Å². The molecule has 5 heteroatoms. The summed E-state index contributed by atoms with van der Waals surface area (Å²) in [5, 5.41) is 4.58. The second-order valence-corrected chi connectivity index (χ2v) is 7.49. The Morgan fingerprint density at radius 2 is 1.84 bits per heavy atom. The molecule has 128 valence electrons. The molecule has 0 aliphatic heterocycles. The summed E-state index contributed by atoms with van der Waals surface area (Å²) in [6, 6.07) is 13.9. The van der Waals surface area contributed by atoms with Gasteiger partial charge in [0, 0.05) is 11.1 Å². The first kappa shape index (κ1) is 17.4. The van der Waals surface area contributed by atoms with Crippen LogP contribution in [0.1, 0.15) is 23.9 Å². The number of benzene rings is 2. The lowest BCUT2D eigenvalue weighted by molar-refractivity contribution is -0.115. The van der Waals surface area contributed by atoms with Crippen LogP contribution in [0, 0.1) is 20.8 Å². The number of fused-ring (bicyclic) bond motifs is 1. The Balaban J connectivity index is 1.81. The number of rotatable bonds is 4. The number of aryl methyl sites for hydroxylation is 3. The highest BCUT2D eigenvalue weighted by Gasteiger charge is 2.18. The second-order valence-electron chi connectivity index (χ2n) is 6.16. The predicted octanol–water partition coefficient (Wildman–Crippen LogP) is 4.67. The minimum Gasteiger partial charge on any atom is -0.325 e. The van der Waals surface area contributed by atoms with E-state index < -0.39 is 0 Å². The summed E-state index contributed by atoms with van der Waals surface area (Å²) in [5.41, 5.74) is 3.94. The SMILES string of the molecule is Cc1ccc(C)c(NC(=O)C(C)Sc2nc(C)nc3ccccc23)c1. The molecule has 0 aliphatic carbocycles. The Morgan fingerprint density at radius 3 is 2.64 bits per heavy atom. The monoisotopic (exact) mass is 351 g/mol. The molecule has 0 bridgehead atoms. The number of aromatic nitrogens is 2. The maximum absolute atomic E-state index is 12.6. The van der Waals surface area contributed by atoms with Gasteiger partial charge in [0.15, 0.2) is 0 Å². The Labute approximate surface area is 152 Å². The Kier molecular flexibility index (Phi) is 5.04. The lowest BCUT2D eigenvalue weighted by atomic mass is 10.1. The highest BCUT2D eigenvalue weighted by molar-refractivity contribution is 8.00. The van der Waals surface area contributed by atoms with Gasteiger partial charge in [0.25, 0.3) is 0 Å². The number of amides is 1. The number of para-hydroxylation sites is 1. The van der Waals surface area contributed by atoms with E-state index in [-0.39, 0.29) is 11.2 Å². The van der Waals surface area contributed by atoms with Crippen molar-refractivity contribution in [1.82, 2.24) is 9.97 Å². The van der Waals surface area contributed by atoms with Crippen LogP contribution in [0.3, 0.4) is 0 Å². The van der Waals surface area contributed by atoms with Gasteiger partial charge >= 0.3 is 0 Å². The molecule has 0 spiro atoms. The van der Waals surface area contributed by atoms with E-state index in [9.17, 15) is 4.79 Å². The molecular formula is C20H21N3OS. The van der Waals surface area contributed by atoms with Gasteiger partial charge < -0.3 is 5.32 Å². The van der Waals surface area contributed by atoms with Crippen molar-refractivity contribution in [3.8, 4) is 0 Å². The fourth-order valence-electron chi connectivity index (χ4n) is 2.57. The van der Waals surface area contributed by atoms with Crippen molar-refractivity contribution >= 4 is 34.3 Å². The molecule has 1 unspecified atom stereocenters. The smallest absolute Gasteiger partial charge is 0.237 e. The van der Waals surface area contributed by atoms with Crippen molar-refractivity contribution in [2.45, 2.75) is 38.0 Å². The molecule has 2 aromatic carbocycles. The van der Waals surface area contributed by atoms with Crippen molar-refractivity contribution in [2.75, 3.05) is 5.32 Å². The van der Waals surface area contributed by atoms with E-state index >= 15 is 0 Å². The number of carbonyl (C=O) groups is 1. The third-order valence-corrected chi connectivity index (χ3v) is 5.09. The van der Waals surface area contributed by atoms with Gasteiger partial charge in [0.2, 0.25) is 5.91 Å². The summed E-state index contributed by atoms with van der Waals surface area (Å²) in [7, 11) is 0. The molecule has 0 aliphatic rings. The van der Waals surface area contributed by atoms with E-state index in [4.69, 9.17) is 0 Å². The summed E-state index contributed by atoms with van der Waals surface area (Å²) in [4.78, 5) is 21.6. The molecule has 1 amide bonds. The summed E-state index contributed by atoms with van der Waals surface area (Å²) in [6.45, 7) is 7.78. The van der Waals surface area contributed by atoms with Crippen molar-refractivity contribution in [2.24, 2.45) is 0 Å². The number of nitrogens with zero attached hydrogens (tertiary/aromatic N) is 2. The molecule has 1 atom stereocenters. The maximum Gasteiger partial charge on any atom is 0.237 e. The lowest BCUT2D eigenvalue weighted by Gasteiger charge is -2.15. The zero-order valence-electron chi connectivity index (χ0n) is 14.8. The van der Waals surface area contributed by atoms with Gasteiger partial charge in [-0.3, -0.25) is 4.79 Å². The molecule has 3 rings (SSSR count). The first-order valence-corrected chi connectivity index (χ1v) is 9.10. The Bertz CT molecular complexity index is 939. The molecule has 4 nitrogen and oxygen atoms in total. The van der Waals surface area contributed by atoms with Crippen molar-refractivity contribution in [3.05, 3.63) is 59.4 Å². The Hall–Kier alpha value is -2.40. The van der Waals surface area contributed by atoms with E-state index in [1.807, 2.05) is 70.2 Å². The normalized spacial score (nSPS) is 12.2. The van der Waals surface area contributed by atoms with E-state index in [0.29, 0.717) is 5.82 Å². The highest BCUT2D eigenvalue weighted by Crippen LogP contribution is 2.29. The minimum atomic E-state index is -0.266. The minimum absolute atomic E-state index is 0.0287. The van der Waals surface area contributed by atoms with Gasteiger partial charge in [-0.2, -0.15) is 0 Å². The molecule has 0 fully saturated rings. The zero-order chi connectivity index (χ0) is 18.0. The molecular weight excluding hydrogens is 330 g/mol. The van der Waals surface area contributed by atoms with Crippen LogP contribution in [0.4, 0.5) is 5.69 Å². The number of hydrogen-bond acceptors (Lipinski definition) is 4. The van der Waals surface area contributed by atoms with Gasteiger partial charge in [0.05, 0.1) is 10.8 Å². The maximum atomic E-state index is 12.6. The third-order valence-electron chi connectivity index (χ3n) is 3.99. The zero-order valence-corrected chi connectivity index (χ0v) is 15.6. The number of nitrogens with one attached hydrogen (secondary N) is 1. The lowest BCUT2D eigenvalue weighted by Crippen LogP contribution is -2.23. The molecule has 3 aromatic rings. The van der Waals surface area contributed by atoms with Crippen molar-refractivity contribution in [1.29, 1.82) is 0 Å². The van der Waals surface area contributed by atoms with E-state index in [0.717, 1.165) is 32.7 Å². The molecule has 25 heavy (non-hydrogen) atoms. The molecule has 0 saturated carbocycles. The second kappa shape index (κ2) is 7.23. The molecule has 1 aromatic heterocycles. The number of hydrogen-bond donors (Lipinski definition) is 1. The van der Waals surface area contributed by atoms with Gasteiger partial charge in [-0.1, -0.05) is 42.1 Å². The van der Waals surface area contributed by atoms with Gasteiger partial charge in [0.1, 0.15) is 10.9 Å². The third kappa shape index (κ3) is 3.99. The van der Waals surface area contributed by atoms with Crippen LogP contribution in [0.15, 0.2) is 47.5 Å². The number of anilines is 1. The molecule has 1 heterocycles. The van der Waals surface area contributed by atoms with Crippen LogP contribution < -0.4 is 5.32 Å². The van der Waals surface area contributed by atoms with Crippen molar-refractivity contribution in [3.63, 3.8) is 0 Å². The summed E-state index contributed by atoms with van der Waals surface area (Å²) in [5.74, 6) is 0.683. The van der Waals surface area contributed by atoms with Crippen LogP contribution in [-0.2, 0) is 4.79 Å².